The maximum Gasteiger partial charge on any atom is 0.296 e. The van der Waals surface area contributed by atoms with Gasteiger partial charge in [-0.1, -0.05) is 41.7 Å². The van der Waals surface area contributed by atoms with E-state index in [9.17, 15) is 14.7 Å². The van der Waals surface area contributed by atoms with E-state index >= 15 is 0 Å². The van der Waals surface area contributed by atoms with Crippen LogP contribution in [0.3, 0.4) is 0 Å². The molecule has 1 aliphatic rings. The molecule has 1 N–H and O–H groups in total. The zero-order valence-corrected chi connectivity index (χ0v) is 21.3. The van der Waals surface area contributed by atoms with Crippen molar-refractivity contribution >= 4 is 49.3 Å². The molecule has 3 heterocycles. The Morgan fingerprint density at radius 3 is 2.71 bits per heavy atom. The van der Waals surface area contributed by atoms with E-state index in [2.05, 4.69) is 4.98 Å². The lowest BCUT2D eigenvalue weighted by atomic mass is 9.95. The van der Waals surface area contributed by atoms with Crippen molar-refractivity contribution in [1.82, 2.24) is 4.98 Å². The van der Waals surface area contributed by atoms with E-state index in [4.69, 9.17) is 13.9 Å². The summed E-state index contributed by atoms with van der Waals surface area (Å²) in [5, 5.41) is 12.2. The van der Waals surface area contributed by atoms with Crippen LogP contribution in [0, 0.1) is 0 Å². The zero-order chi connectivity index (χ0) is 26.4. The van der Waals surface area contributed by atoms with Gasteiger partial charge in [0, 0.05) is 5.39 Å². The monoisotopic (exact) mass is 526 g/mol. The van der Waals surface area contributed by atoms with E-state index < -0.39 is 23.5 Å². The average Bonchev–Trinajstić information content (AvgIpc) is 3.62. The number of hydrogen-bond acceptors (Lipinski definition) is 8. The highest BCUT2D eigenvalue weighted by molar-refractivity contribution is 7.22. The molecule has 1 atom stereocenters. The number of carbonyl (C=O) groups excluding carboxylic acids is 2. The summed E-state index contributed by atoms with van der Waals surface area (Å²) in [5.41, 5.74) is 1.69. The summed E-state index contributed by atoms with van der Waals surface area (Å²) < 4.78 is 17.6. The van der Waals surface area contributed by atoms with Gasteiger partial charge >= 0.3 is 0 Å². The largest absolute Gasteiger partial charge is 0.503 e. The summed E-state index contributed by atoms with van der Waals surface area (Å²) >= 11 is 1.27. The third-order valence-corrected chi connectivity index (χ3v) is 7.39. The van der Waals surface area contributed by atoms with Crippen LogP contribution in [0.5, 0.6) is 11.5 Å². The van der Waals surface area contributed by atoms with Gasteiger partial charge in [-0.15, -0.1) is 0 Å². The maximum atomic E-state index is 13.8. The second kappa shape index (κ2) is 9.35. The third kappa shape index (κ3) is 3.88. The van der Waals surface area contributed by atoms with Gasteiger partial charge < -0.3 is 19.0 Å². The molecule has 0 aliphatic carbocycles. The molecule has 1 amide bonds. The molecule has 0 fully saturated rings. The number of amides is 1. The van der Waals surface area contributed by atoms with Gasteiger partial charge in [-0.2, -0.15) is 0 Å². The number of ketones is 1. The summed E-state index contributed by atoms with van der Waals surface area (Å²) in [4.78, 5) is 33.4. The number of carbonyl (C=O) groups is 2. The number of furan rings is 1. The first kappa shape index (κ1) is 23.7. The Morgan fingerprint density at radius 1 is 1.08 bits per heavy atom. The van der Waals surface area contributed by atoms with Gasteiger partial charge in [0.05, 0.1) is 35.5 Å². The van der Waals surface area contributed by atoms with E-state index in [0.29, 0.717) is 39.9 Å². The molecule has 6 rings (SSSR count). The minimum Gasteiger partial charge on any atom is -0.503 e. The van der Waals surface area contributed by atoms with E-state index in [1.54, 1.807) is 42.5 Å². The Hall–Kier alpha value is -4.63. The van der Waals surface area contributed by atoms with E-state index in [-0.39, 0.29) is 11.3 Å². The molecule has 5 aromatic rings. The standard InChI is InChI=1S/C29H22N2O6S/c1-3-36-19-11-12-20-23(15-19)38-29(30-20)31-25(17-8-6-9-18(13-17)35-2)24(27(33)28(31)34)26(32)22-14-16-7-4-5-10-21(16)37-22/h4-15,25,33H,3H2,1-2H3. The number of hydrogen-bond donors (Lipinski definition) is 1. The van der Waals surface area contributed by atoms with Crippen molar-refractivity contribution < 1.29 is 28.6 Å². The van der Waals surface area contributed by atoms with Gasteiger partial charge in [-0.3, -0.25) is 14.5 Å². The van der Waals surface area contributed by atoms with Crippen molar-refractivity contribution in [1.29, 1.82) is 0 Å². The summed E-state index contributed by atoms with van der Waals surface area (Å²) in [6, 6.07) is 20.4. The number of methoxy groups -OCH3 is 1. The predicted molar refractivity (Wildman–Crippen MR) is 144 cm³/mol. The number of aromatic nitrogens is 1. The van der Waals surface area contributed by atoms with Gasteiger partial charge in [-0.25, -0.2) is 4.98 Å². The number of aliphatic hydroxyl groups is 1. The Kier molecular flexibility index (Phi) is 5.84. The quantitative estimate of drug-likeness (QED) is 0.251. The first-order valence-electron chi connectivity index (χ1n) is 12.0. The number of Topliss-reactive ketones (excluding diaryl/α,β-unsaturated/α-hetero) is 1. The lowest BCUT2D eigenvalue weighted by Crippen LogP contribution is -2.31. The first-order valence-corrected chi connectivity index (χ1v) is 12.8. The van der Waals surface area contributed by atoms with Crippen LogP contribution in [0.25, 0.3) is 21.2 Å². The summed E-state index contributed by atoms with van der Waals surface area (Å²) in [7, 11) is 1.54. The fourth-order valence-electron chi connectivity index (χ4n) is 4.64. The Bertz CT molecular complexity index is 1720. The van der Waals surface area contributed by atoms with E-state index in [1.165, 1.54) is 23.3 Å². The molecule has 3 aromatic carbocycles. The highest BCUT2D eigenvalue weighted by Gasteiger charge is 2.46. The second-order valence-corrected chi connectivity index (χ2v) is 9.66. The van der Waals surface area contributed by atoms with Crippen molar-refractivity contribution in [3.63, 3.8) is 0 Å². The lowest BCUT2D eigenvalue weighted by molar-refractivity contribution is -0.117. The van der Waals surface area contributed by atoms with Crippen LogP contribution in [0.15, 0.2) is 88.5 Å². The van der Waals surface area contributed by atoms with Crippen molar-refractivity contribution in [3.05, 3.63) is 95.5 Å². The average molecular weight is 527 g/mol. The molecule has 0 radical (unpaired) electrons. The molecule has 8 nitrogen and oxygen atoms in total. The molecule has 1 aliphatic heterocycles. The summed E-state index contributed by atoms with van der Waals surface area (Å²) in [6.07, 6.45) is 0. The molecular formula is C29H22N2O6S. The van der Waals surface area contributed by atoms with Crippen LogP contribution in [0.4, 0.5) is 5.13 Å². The van der Waals surface area contributed by atoms with Crippen molar-refractivity contribution in [2.75, 3.05) is 18.6 Å². The summed E-state index contributed by atoms with van der Waals surface area (Å²) in [6.45, 7) is 2.42. The van der Waals surface area contributed by atoms with Crippen LogP contribution >= 0.6 is 11.3 Å². The highest BCUT2D eigenvalue weighted by Crippen LogP contribution is 2.45. The zero-order valence-electron chi connectivity index (χ0n) is 20.5. The van der Waals surface area contributed by atoms with Gasteiger partial charge in [0.25, 0.3) is 5.91 Å². The van der Waals surface area contributed by atoms with E-state index in [1.807, 2.05) is 37.3 Å². The van der Waals surface area contributed by atoms with Crippen molar-refractivity contribution in [2.45, 2.75) is 13.0 Å². The maximum absolute atomic E-state index is 13.8. The molecular weight excluding hydrogens is 504 g/mol. The van der Waals surface area contributed by atoms with Crippen LogP contribution in [0.2, 0.25) is 0 Å². The van der Waals surface area contributed by atoms with Crippen LogP contribution < -0.4 is 14.4 Å². The smallest absolute Gasteiger partial charge is 0.296 e. The molecule has 38 heavy (non-hydrogen) atoms. The number of thiazole rings is 1. The van der Waals surface area contributed by atoms with Gasteiger partial charge in [-0.05, 0) is 55.0 Å². The highest BCUT2D eigenvalue weighted by atomic mass is 32.1. The van der Waals surface area contributed by atoms with Crippen molar-refractivity contribution in [2.24, 2.45) is 0 Å². The normalized spacial score (nSPS) is 15.6. The number of anilines is 1. The number of fused-ring (bicyclic) bond motifs is 2. The van der Waals surface area contributed by atoms with Gasteiger partial charge in [0.1, 0.15) is 17.1 Å². The number of nitrogens with zero attached hydrogens (tertiary/aromatic N) is 2. The molecule has 0 saturated carbocycles. The van der Waals surface area contributed by atoms with Gasteiger partial charge in [0.15, 0.2) is 16.7 Å². The summed E-state index contributed by atoms with van der Waals surface area (Å²) in [5.74, 6) is -0.682. The minimum atomic E-state index is -0.953. The third-order valence-electron chi connectivity index (χ3n) is 6.38. The van der Waals surface area contributed by atoms with Crippen molar-refractivity contribution in [3.8, 4) is 11.5 Å². The van der Waals surface area contributed by atoms with Gasteiger partial charge in [0.2, 0.25) is 5.78 Å². The lowest BCUT2D eigenvalue weighted by Gasteiger charge is -2.24. The second-order valence-electron chi connectivity index (χ2n) is 8.65. The Balaban J connectivity index is 1.49. The first-order chi connectivity index (χ1) is 18.5. The molecule has 0 spiro atoms. The Labute approximate surface area is 221 Å². The molecule has 9 heteroatoms. The number of para-hydroxylation sites is 1. The van der Waals surface area contributed by atoms with Crippen LogP contribution in [0.1, 0.15) is 29.1 Å². The van der Waals surface area contributed by atoms with E-state index in [0.717, 1.165) is 10.1 Å². The molecule has 0 bridgehead atoms. The van der Waals surface area contributed by atoms with Crippen LogP contribution in [-0.4, -0.2) is 35.5 Å². The molecule has 190 valence electrons. The van der Waals surface area contributed by atoms with Crippen LogP contribution in [-0.2, 0) is 4.79 Å². The Morgan fingerprint density at radius 2 is 1.92 bits per heavy atom. The number of rotatable bonds is 7. The molecule has 0 saturated heterocycles. The molecule has 1 unspecified atom stereocenters. The number of benzene rings is 3. The predicted octanol–water partition coefficient (Wildman–Crippen LogP) is 6.23. The fraction of sp³-hybridized carbons (Fsp3) is 0.138. The fourth-order valence-corrected chi connectivity index (χ4v) is 5.66. The molecule has 2 aromatic heterocycles. The number of aliphatic hydroxyl groups excluding tert-OH is 1. The number of ether oxygens (including phenoxy) is 2. The minimum absolute atomic E-state index is 0.0287. The topological polar surface area (TPSA) is 102 Å². The SMILES string of the molecule is CCOc1ccc2nc(N3C(=O)C(O)=C(C(=O)c4cc5ccccc5o4)C3c3cccc(OC)c3)sc2c1.